The van der Waals surface area contributed by atoms with Gasteiger partial charge in [-0.3, -0.25) is 4.79 Å². The molecule has 1 aliphatic heterocycles. The predicted octanol–water partition coefficient (Wildman–Crippen LogP) is 1.81. The molecule has 2 rings (SSSR count). The molecule has 86 valence electrons. The minimum Gasteiger partial charge on any atom is -0.486 e. The molecule has 0 fully saturated rings. The monoisotopic (exact) mass is 222 g/mol. The van der Waals surface area contributed by atoms with E-state index in [1.54, 1.807) is 19.2 Å². The van der Waals surface area contributed by atoms with E-state index >= 15 is 0 Å². The van der Waals surface area contributed by atoms with Gasteiger partial charge in [-0.2, -0.15) is 0 Å². The van der Waals surface area contributed by atoms with Gasteiger partial charge in [-0.05, 0) is 19.1 Å². The Morgan fingerprint density at radius 1 is 1.38 bits per heavy atom. The van der Waals surface area contributed by atoms with Crippen LogP contribution < -0.4 is 9.47 Å². The van der Waals surface area contributed by atoms with Crippen molar-refractivity contribution in [1.82, 2.24) is 0 Å². The van der Waals surface area contributed by atoms with Crippen LogP contribution in [-0.4, -0.2) is 26.1 Å². The van der Waals surface area contributed by atoms with Crippen molar-refractivity contribution in [3.8, 4) is 11.5 Å². The van der Waals surface area contributed by atoms with Crippen molar-refractivity contribution < 1.29 is 19.0 Å². The normalized spacial score (nSPS) is 13.6. The zero-order valence-electron chi connectivity index (χ0n) is 9.41. The first-order valence-corrected chi connectivity index (χ1v) is 5.15. The number of methoxy groups -OCH3 is 1. The average molecular weight is 222 g/mol. The van der Waals surface area contributed by atoms with Gasteiger partial charge in [0.15, 0.2) is 17.3 Å². The summed E-state index contributed by atoms with van der Waals surface area (Å²) in [5.74, 6) is 1.33. The third-order valence-corrected chi connectivity index (χ3v) is 2.48. The van der Waals surface area contributed by atoms with Gasteiger partial charge in [0.25, 0.3) is 0 Å². The van der Waals surface area contributed by atoms with E-state index in [1.807, 2.05) is 0 Å². The number of Topliss-reactive ketones (excluding diaryl/α,β-unsaturated/α-hetero) is 1. The second kappa shape index (κ2) is 4.53. The topological polar surface area (TPSA) is 44.8 Å². The smallest absolute Gasteiger partial charge is 0.167 e. The quantitative estimate of drug-likeness (QED) is 0.731. The maximum absolute atomic E-state index is 11.5. The average Bonchev–Trinajstić information content (AvgIpc) is 2.29. The molecule has 0 saturated heterocycles. The first kappa shape index (κ1) is 11.0. The van der Waals surface area contributed by atoms with Gasteiger partial charge in [-0.25, -0.2) is 0 Å². The maximum Gasteiger partial charge on any atom is 0.167 e. The van der Waals surface area contributed by atoms with Gasteiger partial charge >= 0.3 is 0 Å². The zero-order chi connectivity index (χ0) is 11.5. The second-order valence-electron chi connectivity index (χ2n) is 3.61. The van der Waals surface area contributed by atoms with Gasteiger partial charge in [0, 0.05) is 18.2 Å². The highest BCUT2D eigenvalue weighted by Gasteiger charge is 2.20. The van der Waals surface area contributed by atoms with E-state index in [2.05, 4.69) is 0 Å². The van der Waals surface area contributed by atoms with Crippen molar-refractivity contribution in [3.63, 3.8) is 0 Å². The highest BCUT2D eigenvalue weighted by Crippen LogP contribution is 2.36. The van der Waals surface area contributed by atoms with Crippen LogP contribution in [0, 0.1) is 0 Å². The first-order chi connectivity index (χ1) is 7.74. The predicted molar refractivity (Wildman–Crippen MR) is 58.1 cm³/mol. The van der Waals surface area contributed by atoms with Gasteiger partial charge in [-0.15, -0.1) is 0 Å². The van der Waals surface area contributed by atoms with Crippen molar-refractivity contribution in [2.75, 3.05) is 20.3 Å². The lowest BCUT2D eigenvalue weighted by atomic mass is 10.0. The standard InChI is InChI=1S/C12H14O4/c1-8(13)9-3-4-11-12(10(9)7-14-2)16-6-5-15-11/h3-4H,5-7H2,1-2H3. The molecule has 0 bridgehead atoms. The highest BCUT2D eigenvalue weighted by molar-refractivity contribution is 5.96. The molecule has 1 heterocycles. The summed E-state index contributed by atoms with van der Waals surface area (Å²) in [6.07, 6.45) is 0. The Kier molecular flexibility index (Phi) is 3.10. The molecule has 1 aromatic carbocycles. The molecule has 4 nitrogen and oxygen atoms in total. The fourth-order valence-electron chi connectivity index (χ4n) is 1.79. The van der Waals surface area contributed by atoms with Crippen LogP contribution in [-0.2, 0) is 11.3 Å². The Morgan fingerprint density at radius 3 is 2.81 bits per heavy atom. The lowest BCUT2D eigenvalue weighted by Crippen LogP contribution is -2.18. The van der Waals surface area contributed by atoms with E-state index in [0.29, 0.717) is 36.9 Å². The first-order valence-electron chi connectivity index (χ1n) is 5.15. The van der Waals surface area contributed by atoms with E-state index in [9.17, 15) is 4.79 Å². The molecular weight excluding hydrogens is 208 g/mol. The molecule has 1 aliphatic rings. The van der Waals surface area contributed by atoms with E-state index in [-0.39, 0.29) is 5.78 Å². The molecule has 0 aliphatic carbocycles. The van der Waals surface area contributed by atoms with Crippen molar-refractivity contribution in [2.24, 2.45) is 0 Å². The van der Waals surface area contributed by atoms with Crippen LogP contribution in [0.4, 0.5) is 0 Å². The fourth-order valence-corrected chi connectivity index (χ4v) is 1.79. The number of ketones is 1. The van der Waals surface area contributed by atoms with Gasteiger partial charge in [0.05, 0.1) is 6.61 Å². The number of benzene rings is 1. The minimum atomic E-state index is 0.00373. The molecule has 1 aromatic rings. The molecule has 0 spiro atoms. The van der Waals surface area contributed by atoms with Crippen molar-refractivity contribution >= 4 is 5.78 Å². The summed E-state index contributed by atoms with van der Waals surface area (Å²) in [7, 11) is 1.59. The maximum atomic E-state index is 11.5. The molecule has 0 amide bonds. The van der Waals surface area contributed by atoms with Gasteiger partial charge in [0.2, 0.25) is 0 Å². The molecule has 0 unspecified atom stereocenters. The Morgan fingerprint density at radius 2 is 2.12 bits per heavy atom. The molecular formula is C12H14O4. The third-order valence-electron chi connectivity index (χ3n) is 2.48. The van der Waals surface area contributed by atoms with Crippen LogP contribution in [0.1, 0.15) is 22.8 Å². The summed E-state index contributed by atoms with van der Waals surface area (Å²) in [6.45, 7) is 2.93. The molecule has 16 heavy (non-hydrogen) atoms. The van der Waals surface area contributed by atoms with E-state index in [4.69, 9.17) is 14.2 Å². The van der Waals surface area contributed by atoms with E-state index in [1.165, 1.54) is 6.92 Å². The van der Waals surface area contributed by atoms with Crippen LogP contribution in [0.15, 0.2) is 12.1 Å². The minimum absolute atomic E-state index is 0.00373. The van der Waals surface area contributed by atoms with Crippen LogP contribution >= 0.6 is 0 Å². The molecule has 0 saturated carbocycles. The number of ether oxygens (including phenoxy) is 3. The number of fused-ring (bicyclic) bond motifs is 1. The lowest BCUT2D eigenvalue weighted by Gasteiger charge is -2.22. The number of carbonyl (C=O) groups is 1. The Hall–Kier alpha value is -1.55. The Balaban J connectivity index is 2.52. The fraction of sp³-hybridized carbons (Fsp3) is 0.417. The van der Waals surface area contributed by atoms with Crippen molar-refractivity contribution in [2.45, 2.75) is 13.5 Å². The summed E-state index contributed by atoms with van der Waals surface area (Å²) in [5, 5.41) is 0. The van der Waals surface area contributed by atoms with Crippen molar-refractivity contribution in [1.29, 1.82) is 0 Å². The van der Waals surface area contributed by atoms with Crippen LogP contribution in [0.2, 0.25) is 0 Å². The summed E-state index contributed by atoms with van der Waals surface area (Å²) >= 11 is 0. The molecule has 0 N–H and O–H groups in total. The van der Waals surface area contributed by atoms with Gasteiger partial charge in [-0.1, -0.05) is 0 Å². The van der Waals surface area contributed by atoms with Crippen molar-refractivity contribution in [3.05, 3.63) is 23.3 Å². The molecule has 0 atom stereocenters. The highest BCUT2D eigenvalue weighted by atomic mass is 16.6. The summed E-state index contributed by atoms with van der Waals surface area (Å²) in [4.78, 5) is 11.5. The Bertz CT molecular complexity index is 412. The summed E-state index contributed by atoms with van der Waals surface area (Å²) in [6, 6.07) is 3.52. The number of hydrogen-bond acceptors (Lipinski definition) is 4. The summed E-state index contributed by atoms with van der Waals surface area (Å²) in [5.41, 5.74) is 1.40. The van der Waals surface area contributed by atoms with E-state index in [0.717, 1.165) is 5.56 Å². The molecule has 0 radical (unpaired) electrons. The molecule has 0 aromatic heterocycles. The zero-order valence-corrected chi connectivity index (χ0v) is 9.41. The lowest BCUT2D eigenvalue weighted by molar-refractivity contribution is 0.100. The number of carbonyl (C=O) groups excluding carboxylic acids is 1. The number of rotatable bonds is 3. The van der Waals surface area contributed by atoms with Crippen LogP contribution in [0.3, 0.4) is 0 Å². The van der Waals surface area contributed by atoms with Gasteiger partial charge in [0.1, 0.15) is 13.2 Å². The SMILES string of the molecule is COCc1c(C(C)=O)ccc2c1OCCO2. The summed E-state index contributed by atoms with van der Waals surface area (Å²) < 4.78 is 16.1. The van der Waals surface area contributed by atoms with E-state index < -0.39 is 0 Å². The van der Waals surface area contributed by atoms with Crippen LogP contribution in [0.25, 0.3) is 0 Å². The van der Waals surface area contributed by atoms with Crippen LogP contribution in [0.5, 0.6) is 11.5 Å². The van der Waals surface area contributed by atoms with Gasteiger partial charge < -0.3 is 14.2 Å². The second-order valence-corrected chi connectivity index (χ2v) is 3.61. The third kappa shape index (κ3) is 1.88. The number of hydrogen-bond donors (Lipinski definition) is 0. The molecule has 4 heteroatoms. The Labute approximate surface area is 94.1 Å². The largest absolute Gasteiger partial charge is 0.486 e.